The molecule has 0 fully saturated rings. The fraction of sp³-hybridized carbons (Fsp3) is 0.273. The van der Waals surface area contributed by atoms with E-state index in [1.54, 1.807) is 0 Å². The molecule has 0 aliphatic heterocycles. The second-order valence-electron chi connectivity index (χ2n) is 3.26. The zero-order valence-electron chi connectivity index (χ0n) is 8.92. The molecule has 6 heteroatoms. The van der Waals surface area contributed by atoms with E-state index in [9.17, 15) is 15.0 Å². The molecule has 5 nitrogen and oxygen atoms in total. The van der Waals surface area contributed by atoms with Crippen molar-refractivity contribution in [2.24, 2.45) is 0 Å². The van der Waals surface area contributed by atoms with Crippen molar-refractivity contribution in [2.45, 2.75) is 12.2 Å². The molecule has 0 heterocycles. The SMILES string of the molecule is COC(=O)C(O)C(O)c1cc(Cl)ccc1C#N. The molecule has 0 bridgehead atoms. The van der Waals surface area contributed by atoms with Crippen LogP contribution in [0.3, 0.4) is 0 Å². The Morgan fingerprint density at radius 1 is 1.53 bits per heavy atom. The average molecular weight is 256 g/mol. The van der Waals surface area contributed by atoms with Crippen LogP contribution in [0, 0.1) is 11.3 Å². The number of methoxy groups -OCH3 is 1. The molecule has 0 aliphatic rings. The van der Waals surface area contributed by atoms with Crippen LogP contribution in [0.2, 0.25) is 5.02 Å². The van der Waals surface area contributed by atoms with Gasteiger partial charge in [-0.2, -0.15) is 5.26 Å². The third-order valence-electron chi connectivity index (χ3n) is 2.19. The lowest BCUT2D eigenvalue weighted by Crippen LogP contribution is -2.29. The first-order valence-corrected chi connectivity index (χ1v) is 5.02. The number of hydrogen-bond acceptors (Lipinski definition) is 5. The summed E-state index contributed by atoms with van der Waals surface area (Å²) in [5.74, 6) is -0.985. The van der Waals surface area contributed by atoms with Gasteiger partial charge in [-0.15, -0.1) is 0 Å². The Kier molecular flexibility index (Phi) is 4.46. The van der Waals surface area contributed by atoms with Crippen molar-refractivity contribution in [1.29, 1.82) is 5.26 Å². The highest BCUT2D eigenvalue weighted by Gasteiger charge is 2.28. The van der Waals surface area contributed by atoms with Crippen molar-refractivity contribution < 1.29 is 19.7 Å². The maximum Gasteiger partial charge on any atom is 0.337 e. The number of halogens is 1. The first kappa shape index (κ1) is 13.5. The van der Waals surface area contributed by atoms with Crippen LogP contribution in [0.4, 0.5) is 0 Å². The van der Waals surface area contributed by atoms with Gasteiger partial charge in [-0.3, -0.25) is 0 Å². The number of esters is 1. The van der Waals surface area contributed by atoms with E-state index >= 15 is 0 Å². The summed E-state index contributed by atoms with van der Waals surface area (Å²) in [7, 11) is 1.08. The monoisotopic (exact) mass is 255 g/mol. The first-order chi connectivity index (χ1) is 8.01. The van der Waals surface area contributed by atoms with Crippen molar-refractivity contribution in [3.63, 3.8) is 0 Å². The predicted molar refractivity (Wildman–Crippen MR) is 59.1 cm³/mol. The van der Waals surface area contributed by atoms with Crippen LogP contribution >= 0.6 is 11.6 Å². The molecule has 0 aliphatic carbocycles. The van der Waals surface area contributed by atoms with Crippen LogP contribution in [-0.4, -0.2) is 29.4 Å². The summed E-state index contributed by atoms with van der Waals surface area (Å²) in [6.07, 6.45) is -3.32. The lowest BCUT2D eigenvalue weighted by atomic mass is 9.99. The van der Waals surface area contributed by atoms with E-state index in [0.29, 0.717) is 0 Å². The number of hydrogen-bond donors (Lipinski definition) is 2. The topological polar surface area (TPSA) is 90.6 Å². The molecule has 2 N–H and O–H groups in total. The highest BCUT2D eigenvalue weighted by molar-refractivity contribution is 6.30. The average Bonchev–Trinajstić information content (AvgIpc) is 2.35. The molecule has 2 atom stereocenters. The van der Waals surface area contributed by atoms with Gasteiger partial charge in [0.05, 0.1) is 18.7 Å². The molecule has 17 heavy (non-hydrogen) atoms. The number of nitrogens with zero attached hydrogens (tertiary/aromatic N) is 1. The van der Waals surface area contributed by atoms with Gasteiger partial charge in [0.15, 0.2) is 6.10 Å². The van der Waals surface area contributed by atoms with E-state index in [1.165, 1.54) is 18.2 Å². The van der Waals surface area contributed by atoms with Crippen molar-refractivity contribution >= 4 is 17.6 Å². The van der Waals surface area contributed by atoms with Crippen LogP contribution in [0.15, 0.2) is 18.2 Å². The molecule has 1 aromatic carbocycles. The van der Waals surface area contributed by atoms with E-state index < -0.39 is 18.2 Å². The highest BCUT2D eigenvalue weighted by atomic mass is 35.5. The molecule has 0 radical (unpaired) electrons. The highest BCUT2D eigenvalue weighted by Crippen LogP contribution is 2.24. The maximum atomic E-state index is 11.1. The van der Waals surface area contributed by atoms with Crippen LogP contribution in [0.25, 0.3) is 0 Å². The van der Waals surface area contributed by atoms with Crippen molar-refractivity contribution in [3.8, 4) is 6.07 Å². The van der Waals surface area contributed by atoms with Gasteiger partial charge >= 0.3 is 5.97 Å². The van der Waals surface area contributed by atoms with Gasteiger partial charge in [0.25, 0.3) is 0 Å². The number of aliphatic hydroxyl groups excluding tert-OH is 2. The lowest BCUT2D eigenvalue weighted by Gasteiger charge is -2.17. The Hall–Kier alpha value is -1.61. The number of benzene rings is 1. The normalized spacial score (nSPS) is 13.6. The van der Waals surface area contributed by atoms with E-state index in [4.69, 9.17) is 16.9 Å². The van der Waals surface area contributed by atoms with E-state index in [2.05, 4.69) is 4.74 Å². The molecule has 0 spiro atoms. The molecule has 90 valence electrons. The maximum absolute atomic E-state index is 11.1. The standard InChI is InChI=1S/C11H10ClNO4/c1-17-11(16)10(15)9(14)8-4-7(12)3-2-6(8)5-13/h2-4,9-10,14-15H,1H3. The van der Waals surface area contributed by atoms with Gasteiger partial charge in [-0.05, 0) is 18.2 Å². The Morgan fingerprint density at radius 3 is 2.71 bits per heavy atom. The predicted octanol–water partition coefficient (Wildman–Crippen LogP) is 0.779. The summed E-state index contributed by atoms with van der Waals surface area (Å²) < 4.78 is 4.29. The second-order valence-corrected chi connectivity index (χ2v) is 3.69. The molecule has 0 amide bonds. The summed E-state index contributed by atoms with van der Waals surface area (Å²) in [5, 5.41) is 28.4. The van der Waals surface area contributed by atoms with Gasteiger partial charge in [-0.1, -0.05) is 11.6 Å². The Balaban J connectivity index is 3.11. The molecule has 1 rings (SSSR count). The summed E-state index contributed by atoms with van der Waals surface area (Å²) in [6.45, 7) is 0. The largest absolute Gasteiger partial charge is 0.467 e. The minimum absolute atomic E-state index is 0.0814. The quantitative estimate of drug-likeness (QED) is 0.779. The van der Waals surface area contributed by atoms with Gasteiger partial charge < -0.3 is 14.9 Å². The Labute approximate surface area is 103 Å². The summed E-state index contributed by atoms with van der Waals surface area (Å²) in [5.41, 5.74) is 0.211. The molecule has 0 aromatic heterocycles. The Morgan fingerprint density at radius 2 is 2.18 bits per heavy atom. The van der Waals surface area contributed by atoms with E-state index in [0.717, 1.165) is 7.11 Å². The zero-order chi connectivity index (χ0) is 13.0. The minimum atomic E-state index is -1.76. The summed E-state index contributed by atoms with van der Waals surface area (Å²) in [4.78, 5) is 11.1. The molecule has 0 saturated carbocycles. The van der Waals surface area contributed by atoms with Crippen molar-refractivity contribution in [2.75, 3.05) is 7.11 Å². The van der Waals surface area contributed by atoms with Gasteiger partial charge in [0, 0.05) is 10.6 Å². The number of aliphatic hydroxyl groups is 2. The van der Waals surface area contributed by atoms with Crippen LogP contribution in [0.1, 0.15) is 17.2 Å². The van der Waals surface area contributed by atoms with Gasteiger partial charge in [0.1, 0.15) is 6.10 Å². The van der Waals surface area contributed by atoms with Crippen molar-refractivity contribution in [1.82, 2.24) is 0 Å². The fourth-order valence-corrected chi connectivity index (χ4v) is 1.48. The summed E-state index contributed by atoms with van der Waals surface area (Å²) >= 11 is 5.72. The van der Waals surface area contributed by atoms with E-state index in [-0.39, 0.29) is 16.1 Å². The van der Waals surface area contributed by atoms with Crippen LogP contribution in [-0.2, 0) is 9.53 Å². The minimum Gasteiger partial charge on any atom is -0.467 e. The molecular weight excluding hydrogens is 246 g/mol. The van der Waals surface area contributed by atoms with Crippen molar-refractivity contribution in [3.05, 3.63) is 34.3 Å². The number of carbonyl (C=O) groups is 1. The molecule has 0 saturated heterocycles. The fourth-order valence-electron chi connectivity index (χ4n) is 1.30. The lowest BCUT2D eigenvalue weighted by molar-refractivity contribution is -0.156. The second kappa shape index (κ2) is 5.64. The van der Waals surface area contributed by atoms with Gasteiger partial charge in [-0.25, -0.2) is 4.79 Å². The third kappa shape index (κ3) is 2.94. The number of nitriles is 1. The van der Waals surface area contributed by atoms with Crippen LogP contribution in [0.5, 0.6) is 0 Å². The van der Waals surface area contributed by atoms with Crippen LogP contribution < -0.4 is 0 Å². The molecule has 2 unspecified atom stereocenters. The Bertz CT molecular complexity index is 469. The number of rotatable bonds is 3. The molecule has 1 aromatic rings. The first-order valence-electron chi connectivity index (χ1n) is 4.64. The molecular formula is C11H10ClNO4. The zero-order valence-corrected chi connectivity index (χ0v) is 9.68. The summed E-state index contributed by atoms with van der Waals surface area (Å²) in [6, 6.07) is 6.02. The third-order valence-corrected chi connectivity index (χ3v) is 2.43. The smallest absolute Gasteiger partial charge is 0.337 e. The van der Waals surface area contributed by atoms with E-state index in [1.807, 2.05) is 6.07 Å². The number of ether oxygens (including phenoxy) is 1. The number of carbonyl (C=O) groups excluding carboxylic acids is 1. The van der Waals surface area contributed by atoms with Gasteiger partial charge in [0.2, 0.25) is 0 Å².